The van der Waals surface area contributed by atoms with Gasteiger partial charge in [-0.25, -0.2) is 0 Å². The van der Waals surface area contributed by atoms with Gasteiger partial charge < -0.3 is 14.8 Å². The summed E-state index contributed by atoms with van der Waals surface area (Å²) >= 11 is 17.7. The minimum absolute atomic E-state index is 0.162. The van der Waals surface area contributed by atoms with Crippen LogP contribution in [0.25, 0.3) is 0 Å². The molecule has 1 saturated carbocycles. The molecule has 0 bridgehead atoms. The molecular formula is C24H23Cl2NO3S. The summed E-state index contributed by atoms with van der Waals surface area (Å²) in [5.74, 6) is 1.36. The van der Waals surface area contributed by atoms with Crippen molar-refractivity contribution >= 4 is 46.2 Å². The van der Waals surface area contributed by atoms with Gasteiger partial charge in [0.2, 0.25) is 0 Å². The molecule has 1 aliphatic heterocycles. The fourth-order valence-electron chi connectivity index (χ4n) is 5.81. The summed E-state index contributed by atoms with van der Waals surface area (Å²) in [6, 6.07) is 11.1. The van der Waals surface area contributed by atoms with Gasteiger partial charge in [0.15, 0.2) is 5.78 Å². The van der Waals surface area contributed by atoms with Gasteiger partial charge in [-0.05, 0) is 73.6 Å². The number of halogens is 2. The van der Waals surface area contributed by atoms with Crippen molar-refractivity contribution in [1.82, 2.24) is 5.32 Å². The number of Topliss-reactive ketones (excluding diaryl/α,β-unsaturated/α-hetero) is 1. The van der Waals surface area contributed by atoms with Crippen LogP contribution in [0.4, 0.5) is 0 Å². The Morgan fingerprint density at radius 2 is 1.77 bits per heavy atom. The van der Waals surface area contributed by atoms with Gasteiger partial charge in [-0.1, -0.05) is 41.5 Å². The number of carbonyl (C=O) groups excluding carboxylic acids is 1. The molecule has 1 N–H and O–H groups in total. The number of hydrogen-bond acceptors (Lipinski definition) is 4. The van der Waals surface area contributed by atoms with Gasteiger partial charge in [-0.2, -0.15) is 0 Å². The fourth-order valence-corrected chi connectivity index (χ4v) is 6.60. The third-order valence-electron chi connectivity index (χ3n) is 7.17. The Balaban J connectivity index is 1.56. The summed E-state index contributed by atoms with van der Waals surface area (Å²) in [7, 11) is 1.77. The van der Waals surface area contributed by atoms with E-state index < -0.39 is 5.54 Å². The summed E-state index contributed by atoms with van der Waals surface area (Å²) < 4.78 is 11.7. The predicted octanol–water partition coefficient (Wildman–Crippen LogP) is 6.00. The minimum Gasteiger partial charge on any atom is -0.457 e. The molecule has 2 aliphatic carbocycles. The normalized spacial score (nSPS) is 29.5. The zero-order valence-electron chi connectivity index (χ0n) is 17.2. The lowest BCUT2D eigenvalue weighted by atomic mass is 9.60. The van der Waals surface area contributed by atoms with E-state index in [1.165, 1.54) is 5.56 Å². The van der Waals surface area contributed by atoms with Gasteiger partial charge in [-0.15, -0.1) is 0 Å². The number of hydrogen-bond donors (Lipinski definition) is 1. The first-order chi connectivity index (χ1) is 14.8. The van der Waals surface area contributed by atoms with E-state index in [-0.39, 0.29) is 17.3 Å². The second-order valence-corrected chi connectivity index (χ2v) is 10.2. The molecule has 2 spiro atoms. The van der Waals surface area contributed by atoms with Crippen LogP contribution in [0.2, 0.25) is 10.0 Å². The van der Waals surface area contributed by atoms with Crippen LogP contribution in [0.5, 0.6) is 11.5 Å². The minimum atomic E-state index is -0.788. The zero-order chi connectivity index (χ0) is 21.8. The van der Waals surface area contributed by atoms with Crippen molar-refractivity contribution < 1.29 is 14.3 Å². The molecule has 1 heterocycles. The van der Waals surface area contributed by atoms with E-state index in [4.69, 9.17) is 44.9 Å². The number of rotatable bonds is 3. The second kappa shape index (κ2) is 7.73. The smallest absolute Gasteiger partial charge is 0.170 e. The van der Waals surface area contributed by atoms with E-state index in [0.717, 1.165) is 37.7 Å². The SMILES string of the molecule is COC1CCC2(CC1)Cc1ccc(Oc3cc(Cl)cc(Cl)c3)cc1C21NC(=S)CC1=O. The highest BCUT2D eigenvalue weighted by atomic mass is 35.5. The fraction of sp³-hybridized carbons (Fsp3) is 0.417. The molecule has 4 nitrogen and oxygen atoms in total. The highest BCUT2D eigenvalue weighted by molar-refractivity contribution is 7.80. The van der Waals surface area contributed by atoms with Crippen LogP contribution < -0.4 is 10.1 Å². The van der Waals surface area contributed by atoms with Crippen molar-refractivity contribution in [2.24, 2.45) is 5.41 Å². The molecule has 0 radical (unpaired) electrons. The number of methoxy groups -OCH3 is 1. The van der Waals surface area contributed by atoms with Gasteiger partial charge in [0.1, 0.15) is 17.0 Å². The molecule has 2 aromatic rings. The van der Waals surface area contributed by atoms with Gasteiger partial charge in [-0.3, -0.25) is 4.79 Å². The van der Waals surface area contributed by atoms with Gasteiger partial charge in [0.05, 0.1) is 17.5 Å². The molecule has 162 valence electrons. The summed E-state index contributed by atoms with van der Waals surface area (Å²) in [6.45, 7) is 0. The first kappa shape index (κ1) is 21.2. The van der Waals surface area contributed by atoms with Crippen LogP contribution in [-0.4, -0.2) is 24.0 Å². The van der Waals surface area contributed by atoms with Crippen LogP contribution >= 0.6 is 35.4 Å². The summed E-state index contributed by atoms with van der Waals surface area (Å²) in [5.41, 5.74) is 1.18. The quantitative estimate of drug-likeness (QED) is 0.551. The van der Waals surface area contributed by atoms with Crippen LogP contribution in [0.1, 0.15) is 43.2 Å². The van der Waals surface area contributed by atoms with E-state index in [1.54, 1.807) is 25.3 Å². The highest BCUT2D eigenvalue weighted by Gasteiger charge is 2.64. The molecule has 0 aromatic heterocycles. The maximum atomic E-state index is 13.5. The molecule has 7 heteroatoms. The summed E-state index contributed by atoms with van der Waals surface area (Å²) in [6.07, 6.45) is 5.11. The Morgan fingerprint density at radius 3 is 2.39 bits per heavy atom. The topological polar surface area (TPSA) is 47.6 Å². The number of benzene rings is 2. The van der Waals surface area contributed by atoms with E-state index in [2.05, 4.69) is 11.4 Å². The first-order valence-corrected chi connectivity index (χ1v) is 11.7. The molecular weight excluding hydrogens is 453 g/mol. The van der Waals surface area contributed by atoms with E-state index >= 15 is 0 Å². The van der Waals surface area contributed by atoms with Crippen molar-refractivity contribution in [1.29, 1.82) is 0 Å². The number of ketones is 1. The molecule has 1 unspecified atom stereocenters. The van der Waals surface area contributed by atoms with Crippen LogP contribution in [0, 0.1) is 5.41 Å². The van der Waals surface area contributed by atoms with Crippen molar-refractivity contribution in [3.05, 3.63) is 57.6 Å². The summed E-state index contributed by atoms with van der Waals surface area (Å²) in [5, 5.41) is 4.49. The third-order valence-corrected chi connectivity index (χ3v) is 7.85. The van der Waals surface area contributed by atoms with Crippen molar-refractivity contribution in [2.45, 2.75) is 50.2 Å². The molecule has 1 atom stereocenters. The van der Waals surface area contributed by atoms with Gasteiger partial charge >= 0.3 is 0 Å². The monoisotopic (exact) mass is 475 g/mol. The largest absolute Gasteiger partial charge is 0.457 e. The van der Waals surface area contributed by atoms with Crippen LogP contribution in [0.3, 0.4) is 0 Å². The number of nitrogens with one attached hydrogen (secondary N) is 1. The van der Waals surface area contributed by atoms with E-state index in [9.17, 15) is 4.79 Å². The highest BCUT2D eigenvalue weighted by Crippen LogP contribution is 2.60. The maximum Gasteiger partial charge on any atom is 0.170 e. The van der Waals surface area contributed by atoms with Crippen LogP contribution in [0.15, 0.2) is 36.4 Å². The van der Waals surface area contributed by atoms with E-state index in [1.807, 2.05) is 12.1 Å². The molecule has 3 aliphatic rings. The lowest BCUT2D eigenvalue weighted by Crippen LogP contribution is -2.56. The molecule has 5 rings (SSSR count). The number of carbonyl (C=O) groups is 1. The Labute approximate surface area is 197 Å². The Kier molecular flexibility index (Phi) is 5.29. The van der Waals surface area contributed by atoms with Crippen molar-refractivity contribution in [2.75, 3.05) is 7.11 Å². The number of thiocarbonyl (C=S) groups is 1. The molecule has 2 aromatic carbocycles. The third kappa shape index (κ3) is 3.37. The number of ether oxygens (including phenoxy) is 2. The maximum absolute atomic E-state index is 13.5. The van der Waals surface area contributed by atoms with Crippen LogP contribution in [-0.2, 0) is 21.5 Å². The molecule has 31 heavy (non-hydrogen) atoms. The molecule has 1 saturated heterocycles. The molecule has 2 fully saturated rings. The average molecular weight is 476 g/mol. The average Bonchev–Trinajstić information content (AvgIpc) is 3.16. The standard InChI is InChI=1S/C24H23Cl2NO3S/c1-29-17-4-6-23(7-5-17)13-14-2-3-18(30-19-9-15(25)8-16(26)10-19)11-20(14)24(23)21(28)12-22(31)27-24/h2-3,8-11,17H,4-7,12-13H2,1H3,(H,27,31). The first-order valence-electron chi connectivity index (χ1n) is 10.5. The van der Waals surface area contributed by atoms with Crippen molar-refractivity contribution in [3.63, 3.8) is 0 Å². The predicted molar refractivity (Wildman–Crippen MR) is 125 cm³/mol. The summed E-state index contributed by atoms with van der Waals surface area (Å²) in [4.78, 5) is 14.1. The van der Waals surface area contributed by atoms with Gasteiger partial charge in [0, 0.05) is 22.6 Å². The second-order valence-electron chi connectivity index (χ2n) is 8.82. The molecule has 0 amide bonds. The van der Waals surface area contributed by atoms with Gasteiger partial charge in [0.25, 0.3) is 0 Å². The van der Waals surface area contributed by atoms with Crippen molar-refractivity contribution in [3.8, 4) is 11.5 Å². The number of fused-ring (bicyclic) bond motifs is 3. The lowest BCUT2D eigenvalue weighted by Gasteiger charge is -2.47. The Bertz CT molecular complexity index is 1060. The Hall–Kier alpha value is -1.66. The lowest BCUT2D eigenvalue weighted by molar-refractivity contribution is -0.129. The zero-order valence-corrected chi connectivity index (χ0v) is 19.5. The van der Waals surface area contributed by atoms with E-state index in [0.29, 0.717) is 33.0 Å². The Morgan fingerprint density at radius 1 is 1.06 bits per heavy atom.